The number of ether oxygens (including phenoxy) is 4. The van der Waals surface area contributed by atoms with Crippen LogP contribution in [0.2, 0.25) is 0 Å². The lowest BCUT2D eigenvalue weighted by atomic mass is 9.62. The zero-order valence-electron chi connectivity index (χ0n) is 31.8. The van der Waals surface area contributed by atoms with Crippen molar-refractivity contribution in [3.05, 3.63) is 0 Å². The summed E-state index contributed by atoms with van der Waals surface area (Å²) < 4.78 is 26.1. The maximum atomic E-state index is 14.2. The second-order valence-corrected chi connectivity index (χ2v) is 16.1. The molecule has 6 nitrogen and oxygen atoms in total. The van der Waals surface area contributed by atoms with E-state index in [0.717, 1.165) is 25.7 Å². The molecule has 0 radical (unpaired) electrons. The molecule has 3 aliphatic rings. The second kappa shape index (κ2) is 19.5. The zero-order valence-corrected chi connectivity index (χ0v) is 31.8. The third-order valence-electron chi connectivity index (χ3n) is 13.1. The van der Waals surface area contributed by atoms with Crippen molar-refractivity contribution in [2.24, 2.45) is 46.8 Å². The monoisotopic (exact) mass is 650 g/mol. The predicted octanol–water partition coefficient (Wildman–Crippen LogP) is 9.93. The smallest absolute Gasteiger partial charge is 0.220 e. The lowest BCUT2D eigenvalue weighted by Gasteiger charge is -2.45. The first-order chi connectivity index (χ1) is 22.0. The number of rotatable bonds is 18. The van der Waals surface area contributed by atoms with Gasteiger partial charge in [0.1, 0.15) is 0 Å². The van der Waals surface area contributed by atoms with Gasteiger partial charge in [0.25, 0.3) is 0 Å². The van der Waals surface area contributed by atoms with Gasteiger partial charge in [0.2, 0.25) is 5.91 Å². The van der Waals surface area contributed by atoms with E-state index >= 15 is 0 Å². The molecule has 2 saturated heterocycles. The Bertz CT molecular complexity index is 809. The molecule has 46 heavy (non-hydrogen) atoms. The number of amides is 1. The largest absolute Gasteiger partial charge is 0.350 e. The highest BCUT2D eigenvalue weighted by Crippen LogP contribution is 2.48. The van der Waals surface area contributed by atoms with Crippen LogP contribution in [0.3, 0.4) is 0 Å². The van der Waals surface area contributed by atoms with E-state index in [1.165, 1.54) is 57.8 Å². The Kier molecular flexibility index (Phi) is 16.8. The van der Waals surface area contributed by atoms with E-state index in [4.69, 9.17) is 18.9 Å². The summed E-state index contributed by atoms with van der Waals surface area (Å²) in [6, 6.07) is -0.259. The van der Waals surface area contributed by atoms with Crippen LogP contribution in [0.5, 0.6) is 0 Å². The van der Waals surface area contributed by atoms with Gasteiger partial charge in [-0.05, 0) is 73.5 Å². The summed E-state index contributed by atoms with van der Waals surface area (Å²) in [6.45, 7) is 23.5. The molecule has 1 saturated carbocycles. The standard InChI is InChI=1S/C40H75NO5/c1-11-15-22-40(23-16-12-2,33-20-18-17-19-21-33)24-37(42)41-34(25-43-38-31(9)27(5)29(7)35(13-3)45-38)26-44-39-32(10)28(6)30(8)36(14-4)46-39/h27-36,38-39H,11-26H2,1-10H3,(H,41,42)/t27?,28?,29-,30-,31-,32-,34?,35?,36?,38-,39-/m0/s1. The summed E-state index contributed by atoms with van der Waals surface area (Å²) in [5.74, 6) is 3.38. The lowest BCUT2D eigenvalue weighted by molar-refractivity contribution is -0.261. The molecule has 1 amide bonds. The van der Waals surface area contributed by atoms with Crippen LogP contribution < -0.4 is 5.32 Å². The van der Waals surface area contributed by atoms with Gasteiger partial charge in [-0.1, -0.05) is 114 Å². The Morgan fingerprint density at radius 1 is 0.696 bits per heavy atom. The summed E-state index contributed by atoms with van der Waals surface area (Å²) in [4.78, 5) is 14.2. The van der Waals surface area contributed by atoms with Crippen LogP contribution in [0.4, 0.5) is 0 Å². The van der Waals surface area contributed by atoms with E-state index < -0.39 is 0 Å². The van der Waals surface area contributed by atoms with Gasteiger partial charge in [-0.2, -0.15) is 0 Å². The van der Waals surface area contributed by atoms with Gasteiger partial charge in [0.05, 0.1) is 31.5 Å². The van der Waals surface area contributed by atoms with Gasteiger partial charge >= 0.3 is 0 Å². The van der Waals surface area contributed by atoms with Gasteiger partial charge < -0.3 is 24.3 Å². The summed E-state index contributed by atoms with van der Waals surface area (Å²) in [5.41, 5.74) is 0.0879. The molecule has 2 heterocycles. The molecule has 4 unspecified atom stereocenters. The Morgan fingerprint density at radius 3 is 1.57 bits per heavy atom. The van der Waals surface area contributed by atoms with Crippen LogP contribution in [0.25, 0.3) is 0 Å². The molecule has 0 aromatic carbocycles. The average Bonchev–Trinajstić information content (AvgIpc) is 3.06. The fourth-order valence-electron chi connectivity index (χ4n) is 9.07. The van der Waals surface area contributed by atoms with Gasteiger partial charge in [-0.25, -0.2) is 0 Å². The number of carbonyl (C=O) groups is 1. The lowest BCUT2D eigenvalue weighted by Crippen LogP contribution is -2.51. The summed E-state index contributed by atoms with van der Waals surface area (Å²) >= 11 is 0. The molecule has 1 N–H and O–H groups in total. The van der Waals surface area contributed by atoms with E-state index in [-0.39, 0.29) is 54.0 Å². The molecule has 0 bridgehead atoms. The average molecular weight is 650 g/mol. The first kappa shape index (κ1) is 39.7. The molecule has 0 spiro atoms. The highest BCUT2D eigenvalue weighted by molar-refractivity contribution is 5.77. The first-order valence-corrected chi connectivity index (χ1v) is 19.8. The minimum absolute atomic E-state index is 0.0879. The van der Waals surface area contributed by atoms with Crippen molar-refractivity contribution in [2.75, 3.05) is 13.2 Å². The normalized spacial score (nSPS) is 35.2. The van der Waals surface area contributed by atoms with Crippen LogP contribution in [-0.2, 0) is 23.7 Å². The molecular weight excluding hydrogens is 574 g/mol. The minimum atomic E-state index is -0.277. The highest BCUT2D eigenvalue weighted by atomic mass is 16.7. The van der Waals surface area contributed by atoms with Crippen molar-refractivity contribution in [1.29, 1.82) is 0 Å². The maximum Gasteiger partial charge on any atom is 0.220 e. The van der Waals surface area contributed by atoms with E-state index in [9.17, 15) is 4.79 Å². The molecule has 2 aliphatic heterocycles. The van der Waals surface area contributed by atoms with Gasteiger partial charge in [-0.3, -0.25) is 4.79 Å². The minimum Gasteiger partial charge on any atom is -0.350 e. The number of hydrogen-bond donors (Lipinski definition) is 1. The second-order valence-electron chi connectivity index (χ2n) is 16.1. The molecule has 0 aromatic heterocycles. The van der Waals surface area contributed by atoms with Crippen molar-refractivity contribution in [3.63, 3.8) is 0 Å². The molecule has 0 aromatic rings. The number of hydrogen-bond acceptors (Lipinski definition) is 5. The van der Waals surface area contributed by atoms with Crippen LogP contribution in [0.15, 0.2) is 0 Å². The summed E-state index contributed by atoms with van der Waals surface area (Å²) in [6.07, 6.45) is 16.0. The number of nitrogens with one attached hydrogen (secondary N) is 1. The molecule has 1 aliphatic carbocycles. The predicted molar refractivity (Wildman–Crippen MR) is 189 cm³/mol. The van der Waals surface area contributed by atoms with Crippen LogP contribution in [-0.4, -0.2) is 50.0 Å². The molecule has 270 valence electrons. The molecule has 3 rings (SSSR count). The Labute approximate surface area is 284 Å². The van der Waals surface area contributed by atoms with Crippen LogP contribution >= 0.6 is 0 Å². The quantitative estimate of drug-likeness (QED) is 0.160. The van der Waals surface area contributed by atoms with Crippen LogP contribution in [0.1, 0.15) is 159 Å². The summed E-state index contributed by atoms with van der Waals surface area (Å²) in [7, 11) is 0. The third-order valence-corrected chi connectivity index (χ3v) is 13.1. The Balaban J connectivity index is 1.78. The van der Waals surface area contributed by atoms with Gasteiger partial charge in [0, 0.05) is 18.3 Å². The van der Waals surface area contributed by atoms with Crippen molar-refractivity contribution in [1.82, 2.24) is 5.32 Å². The first-order valence-electron chi connectivity index (χ1n) is 19.8. The Hall–Kier alpha value is -0.690. The van der Waals surface area contributed by atoms with E-state index in [0.29, 0.717) is 49.2 Å². The molecule has 6 heteroatoms. The van der Waals surface area contributed by atoms with Crippen molar-refractivity contribution in [2.45, 2.75) is 190 Å². The molecular formula is C40H75NO5. The number of carbonyl (C=O) groups excluding carboxylic acids is 1. The topological polar surface area (TPSA) is 66.0 Å². The molecule has 3 fully saturated rings. The van der Waals surface area contributed by atoms with Crippen molar-refractivity contribution in [3.8, 4) is 0 Å². The van der Waals surface area contributed by atoms with E-state index in [1.54, 1.807) is 0 Å². The number of unbranched alkanes of at least 4 members (excludes halogenated alkanes) is 2. The molecule has 10 atom stereocenters. The fourth-order valence-corrected chi connectivity index (χ4v) is 9.07. The zero-order chi connectivity index (χ0) is 33.9. The Morgan fingerprint density at radius 2 is 1.15 bits per heavy atom. The van der Waals surface area contributed by atoms with Gasteiger partial charge in [0.15, 0.2) is 12.6 Å². The maximum absolute atomic E-state index is 14.2. The SMILES string of the molecule is CCCCC(CCCC)(CC(=O)NC(CO[C@H]1OC(CC)[C@@H](C)C(C)[C@@H]1C)CO[C@H]1OC(CC)[C@@H](C)C(C)[C@@H]1C)C1CCCCC1. The third kappa shape index (κ3) is 10.4. The fraction of sp³-hybridized carbons (Fsp3) is 0.975. The van der Waals surface area contributed by atoms with Crippen LogP contribution in [0, 0.1) is 46.8 Å². The van der Waals surface area contributed by atoms with Crippen molar-refractivity contribution >= 4 is 5.91 Å². The van der Waals surface area contributed by atoms with E-state index in [2.05, 4.69) is 74.6 Å². The summed E-state index contributed by atoms with van der Waals surface area (Å²) in [5, 5.41) is 3.46. The highest BCUT2D eigenvalue weighted by Gasteiger charge is 2.42. The van der Waals surface area contributed by atoms with E-state index in [1.807, 2.05) is 0 Å². The van der Waals surface area contributed by atoms with Gasteiger partial charge in [-0.15, -0.1) is 0 Å². The van der Waals surface area contributed by atoms with Crippen molar-refractivity contribution < 1.29 is 23.7 Å².